The van der Waals surface area contributed by atoms with Crippen LogP contribution in [-0.4, -0.2) is 34.5 Å². The Morgan fingerprint density at radius 1 is 1.19 bits per heavy atom. The number of aromatic nitrogens is 1. The number of hydrogen-bond donors (Lipinski definition) is 1. The summed E-state index contributed by atoms with van der Waals surface area (Å²) < 4.78 is 5.63. The molecule has 2 fully saturated rings. The fourth-order valence-corrected chi connectivity index (χ4v) is 4.23. The number of nitrogens with zero attached hydrogens (tertiary/aromatic N) is 1. The van der Waals surface area contributed by atoms with Crippen LogP contribution >= 0.6 is 0 Å². The fourth-order valence-electron chi connectivity index (χ4n) is 4.23. The molecule has 5 heteroatoms. The number of carbonyl (C=O) groups excluding carboxylic acids is 1. The van der Waals surface area contributed by atoms with Crippen molar-refractivity contribution < 1.29 is 9.53 Å². The number of pyridine rings is 1. The van der Waals surface area contributed by atoms with Crippen molar-refractivity contribution in [3.63, 3.8) is 0 Å². The lowest BCUT2D eigenvalue weighted by molar-refractivity contribution is -0.144. The monoisotopic (exact) mass is 354 g/mol. The molecule has 4 rings (SSSR count). The first-order valence-electron chi connectivity index (χ1n) is 9.66. The lowest BCUT2D eigenvalue weighted by atomic mass is 10.1. The second-order valence-electron chi connectivity index (χ2n) is 7.62. The van der Waals surface area contributed by atoms with Gasteiger partial charge in [-0.15, -0.1) is 0 Å². The molecule has 2 aromatic rings. The quantitative estimate of drug-likeness (QED) is 0.916. The highest BCUT2D eigenvalue weighted by Crippen LogP contribution is 2.27. The van der Waals surface area contributed by atoms with Gasteiger partial charge in [-0.2, -0.15) is 0 Å². The Balaban J connectivity index is 1.66. The molecule has 138 valence electrons. The van der Waals surface area contributed by atoms with Gasteiger partial charge in [-0.25, -0.2) is 0 Å². The molecular weight excluding hydrogens is 328 g/mol. The van der Waals surface area contributed by atoms with Crippen molar-refractivity contribution in [3.8, 4) is 0 Å². The zero-order valence-corrected chi connectivity index (χ0v) is 15.3. The highest BCUT2D eigenvalue weighted by atomic mass is 16.5. The van der Waals surface area contributed by atoms with Gasteiger partial charge in [0.25, 0.3) is 11.5 Å². The van der Waals surface area contributed by atoms with E-state index >= 15 is 0 Å². The van der Waals surface area contributed by atoms with Gasteiger partial charge >= 0.3 is 0 Å². The minimum atomic E-state index is -0.336. The van der Waals surface area contributed by atoms with Gasteiger partial charge in [0.15, 0.2) is 0 Å². The number of nitrogens with one attached hydrogen (secondary N) is 1. The molecule has 1 aromatic carbocycles. The standard InChI is InChI=1S/C21H26N2O3/c1-14-8-9-18-15(11-14)12-16(20(24)22-18)13-23(17-5-2-3-6-17)21(25)19-7-4-10-26-19/h8-9,11-12,17,19H,2-7,10,13H2,1H3,(H,22,24)/t19-/m0/s1. The number of hydrogen-bond acceptors (Lipinski definition) is 3. The molecule has 26 heavy (non-hydrogen) atoms. The zero-order valence-electron chi connectivity index (χ0n) is 15.3. The first-order valence-corrected chi connectivity index (χ1v) is 9.66. The lowest BCUT2D eigenvalue weighted by Crippen LogP contribution is -2.44. The van der Waals surface area contributed by atoms with E-state index in [2.05, 4.69) is 11.1 Å². The molecule has 1 aromatic heterocycles. The minimum absolute atomic E-state index is 0.0538. The molecule has 5 nitrogen and oxygen atoms in total. The molecule has 1 aliphatic carbocycles. The highest BCUT2D eigenvalue weighted by molar-refractivity contribution is 5.82. The average molecular weight is 354 g/mol. The molecule has 1 N–H and O–H groups in total. The van der Waals surface area contributed by atoms with E-state index in [1.165, 1.54) is 0 Å². The van der Waals surface area contributed by atoms with Crippen LogP contribution in [-0.2, 0) is 16.1 Å². The Hall–Kier alpha value is -2.14. The Kier molecular flexibility index (Phi) is 4.81. The summed E-state index contributed by atoms with van der Waals surface area (Å²) in [6.45, 7) is 3.06. The molecule has 1 aliphatic heterocycles. The molecule has 2 aliphatic rings. The molecular formula is C21H26N2O3. The van der Waals surface area contributed by atoms with E-state index < -0.39 is 0 Å². The normalized spacial score (nSPS) is 20.7. The SMILES string of the molecule is Cc1ccc2[nH]c(=O)c(CN(C(=O)[C@@H]3CCCO3)C3CCCC3)cc2c1. The minimum Gasteiger partial charge on any atom is -0.368 e. The van der Waals surface area contributed by atoms with Crippen LogP contribution in [0, 0.1) is 6.92 Å². The van der Waals surface area contributed by atoms with Crippen LogP contribution < -0.4 is 5.56 Å². The van der Waals surface area contributed by atoms with Crippen LogP contribution in [0.2, 0.25) is 0 Å². The van der Waals surface area contributed by atoms with Crippen molar-refractivity contribution in [1.82, 2.24) is 9.88 Å². The van der Waals surface area contributed by atoms with Gasteiger partial charge in [0.1, 0.15) is 6.10 Å². The van der Waals surface area contributed by atoms with Crippen molar-refractivity contribution >= 4 is 16.8 Å². The van der Waals surface area contributed by atoms with Crippen molar-refractivity contribution in [2.45, 2.75) is 64.1 Å². The molecule has 0 unspecified atom stereocenters. The number of ether oxygens (including phenoxy) is 1. The van der Waals surface area contributed by atoms with Crippen LogP contribution in [0.15, 0.2) is 29.1 Å². The summed E-state index contributed by atoms with van der Waals surface area (Å²) in [5.41, 5.74) is 2.53. The Morgan fingerprint density at radius 2 is 2.00 bits per heavy atom. The first kappa shape index (κ1) is 17.3. The molecule has 1 atom stereocenters. The second kappa shape index (κ2) is 7.23. The molecule has 1 saturated carbocycles. The maximum atomic E-state index is 13.1. The summed E-state index contributed by atoms with van der Waals surface area (Å²) in [5.74, 6) is 0.0538. The Labute approximate surface area is 153 Å². The number of fused-ring (bicyclic) bond motifs is 1. The maximum Gasteiger partial charge on any atom is 0.253 e. The van der Waals surface area contributed by atoms with Crippen LogP contribution in [0.25, 0.3) is 10.9 Å². The zero-order chi connectivity index (χ0) is 18.1. The Bertz CT molecular complexity index is 861. The van der Waals surface area contributed by atoms with Crippen LogP contribution in [0.4, 0.5) is 0 Å². The summed E-state index contributed by atoms with van der Waals surface area (Å²) in [5, 5.41) is 1.01. The molecule has 0 spiro atoms. The topological polar surface area (TPSA) is 62.4 Å². The van der Waals surface area contributed by atoms with E-state index in [4.69, 9.17) is 4.74 Å². The largest absolute Gasteiger partial charge is 0.368 e. The summed E-state index contributed by atoms with van der Waals surface area (Å²) in [4.78, 5) is 30.5. The smallest absolute Gasteiger partial charge is 0.253 e. The lowest BCUT2D eigenvalue weighted by Gasteiger charge is -2.31. The van der Waals surface area contributed by atoms with Gasteiger partial charge in [-0.1, -0.05) is 24.5 Å². The fraction of sp³-hybridized carbons (Fsp3) is 0.524. The van der Waals surface area contributed by atoms with Crippen LogP contribution in [0.5, 0.6) is 0 Å². The number of benzene rings is 1. The summed E-state index contributed by atoms with van der Waals surface area (Å²) >= 11 is 0. The number of carbonyl (C=O) groups is 1. The van der Waals surface area contributed by atoms with Crippen molar-refractivity contribution in [2.24, 2.45) is 0 Å². The Morgan fingerprint density at radius 3 is 2.73 bits per heavy atom. The third kappa shape index (κ3) is 3.40. The van der Waals surface area contributed by atoms with Gasteiger partial charge < -0.3 is 14.6 Å². The average Bonchev–Trinajstić information content (AvgIpc) is 3.33. The molecule has 1 saturated heterocycles. The van der Waals surface area contributed by atoms with Crippen LogP contribution in [0.3, 0.4) is 0 Å². The molecule has 0 bridgehead atoms. The third-order valence-electron chi connectivity index (χ3n) is 5.67. The van der Waals surface area contributed by atoms with Gasteiger partial charge in [0, 0.05) is 23.7 Å². The predicted octanol–water partition coefficient (Wildman–Crippen LogP) is 3.29. The second-order valence-corrected chi connectivity index (χ2v) is 7.62. The number of amides is 1. The number of aromatic amines is 1. The van der Waals surface area contributed by atoms with Crippen molar-refractivity contribution in [3.05, 3.63) is 45.7 Å². The third-order valence-corrected chi connectivity index (χ3v) is 5.67. The van der Waals surface area contributed by atoms with E-state index in [9.17, 15) is 9.59 Å². The number of aryl methyl sites for hydroxylation is 1. The van der Waals surface area contributed by atoms with Crippen molar-refractivity contribution in [1.29, 1.82) is 0 Å². The summed E-state index contributed by atoms with van der Waals surface area (Å²) in [7, 11) is 0. The summed E-state index contributed by atoms with van der Waals surface area (Å²) in [6, 6.07) is 8.15. The number of rotatable bonds is 4. The van der Waals surface area contributed by atoms with E-state index in [-0.39, 0.29) is 23.6 Å². The molecule has 1 amide bonds. The van der Waals surface area contributed by atoms with Gasteiger partial charge in [0.05, 0.1) is 6.54 Å². The molecule has 2 heterocycles. The van der Waals surface area contributed by atoms with Gasteiger partial charge in [0.2, 0.25) is 0 Å². The van der Waals surface area contributed by atoms with Gasteiger partial charge in [-0.3, -0.25) is 9.59 Å². The van der Waals surface area contributed by atoms with E-state index in [0.29, 0.717) is 18.7 Å². The number of H-pyrrole nitrogens is 1. The predicted molar refractivity (Wildman–Crippen MR) is 101 cm³/mol. The van der Waals surface area contributed by atoms with Gasteiger partial charge in [-0.05, 0) is 56.2 Å². The maximum absolute atomic E-state index is 13.1. The van der Waals surface area contributed by atoms with E-state index in [0.717, 1.165) is 55.0 Å². The first-order chi connectivity index (χ1) is 12.6. The van der Waals surface area contributed by atoms with Crippen LogP contribution in [0.1, 0.15) is 49.7 Å². The van der Waals surface area contributed by atoms with Crippen molar-refractivity contribution in [2.75, 3.05) is 6.61 Å². The van der Waals surface area contributed by atoms with E-state index in [1.807, 2.05) is 30.0 Å². The molecule has 0 radical (unpaired) electrons. The highest BCUT2D eigenvalue weighted by Gasteiger charge is 2.34. The van der Waals surface area contributed by atoms with E-state index in [1.54, 1.807) is 0 Å². The summed E-state index contributed by atoms with van der Waals surface area (Å²) in [6.07, 6.45) is 5.71.